The van der Waals surface area contributed by atoms with Crippen molar-refractivity contribution in [2.45, 2.75) is 13.3 Å². The molecule has 4 nitrogen and oxygen atoms in total. The maximum atomic E-state index is 4.43. The lowest BCUT2D eigenvalue weighted by Gasteiger charge is -2.07. The largest absolute Gasteiger partial charge is 0.383 e. The molecule has 0 saturated heterocycles. The number of thiazole rings is 1. The van der Waals surface area contributed by atoms with Crippen molar-refractivity contribution in [3.63, 3.8) is 0 Å². The highest BCUT2D eigenvalue weighted by atomic mass is 79.9. The van der Waals surface area contributed by atoms with E-state index < -0.39 is 0 Å². The first-order valence-corrected chi connectivity index (χ1v) is 7.89. The van der Waals surface area contributed by atoms with Gasteiger partial charge in [0, 0.05) is 40.9 Å². The number of pyridine rings is 2. The number of anilines is 1. The van der Waals surface area contributed by atoms with Gasteiger partial charge >= 0.3 is 0 Å². The molecule has 0 aliphatic carbocycles. The number of aryl methyl sites for hydroxylation is 1. The molecule has 0 aliphatic rings. The lowest BCUT2D eigenvalue weighted by atomic mass is 10.3. The predicted molar refractivity (Wildman–Crippen MR) is 86.3 cm³/mol. The van der Waals surface area contributed by atoms with E-state index in [2.05, 4.69) is 43.1 Å². The van der Waals surface area contributed by atoms with Crippen molar-refractivity contribution in [1.82, 2.24) is 15.0 Å². The second-order valence-electron chi connectivity index (χ2n) is 4.42. The van der Waals surface area contributed by atoms with E-state index in [1.165, 1.54) is 4.88 Å². The van der Waals surface area contributed by atoms with Crippen molar-refractivity contribution in [2.24, 2.45) is 0 Å². The molecule has 20 heavy (non-hydrogen) atoms. The molecule has 0 unspecified atom stereocenters. The second-order valence-corrected chi connectivity index (χ2v) is 6.66. The normalized spacial score (nSPS) is 10.9. The van der Waals surface area contributed by atoms with E-state index in [0.717, 1.165) is 39.2 Å². The average molecular weight is 349 g/mol. The maximum Gasteiger partial charge on any atom is 0.112 e. The van der Waals surface area contributed by atoms with Gasteiger partial charge < -0.3 is 5.32 Å². The number of fused-ring (bicyclic) bond motifs is 1. The molecule has 3 aromatic rings. The number of rotatable bonds is 4. The zero-order valence-electron chi connectivity index (χ0n) is 10.9. The summed E-state index contributed by atoms with van der Waals surface area (Å²) in [5, 5.41) is 4.57. The summed E-state index contributed by atoms with van der Waals surface area (Å²) in [5.74, 6) is 0. The molecule has 3 rings (SSSR count). The van der Waals surface area contributed by atoms with Crippen LogP contribution in [-0.2, 0) is 6.42 Å². The van der Waals surface area contributed by atoms with Crippen molar-refractivity contribution < 1.29 is 0 Å². The minimum absolute atomic E-state index is 0.837. The molecule has 0 fully saturated rings. The van der Waals surface area contributed by atoms with Crippen LogP contribution in [0.3, 0.4) is 0 Å². The highest BCUT2D eigenvalue weighted by Crippen LogP contribution is 2.22. The fourth-order valence-electron chi connectivity index (χ4n) is 1.97. The van der Waals surface area contributed by atoms with Crippen LogP contribution in [0.1, 0.15) is 9.88 Å². The average Bonchev–Trinajstić information content (AvgIpc) is 2.84. The van der Waals surface area contributed by atoms with E-state index in [1.807, 2.05) is 18.3 Å². The number of hydrogen-bond donors (Lipinski definition) is 1. The van der Waals surface area contributed by atoms with E-state index in [4.69, 9.17) is 0 Å². The molecule has 1 N–H and O–H groups in total. The minimum Gasteiger partial charge on any atom is -0.383 e. The quantitative estimate of drug-likeness (QED) is 0.778. The molecular weight excluding hydrogens is 336 g/mol. The SMILES string of the molecule is Cc1cnc(CCNc2ccnc3cc(Br)cnc23)s1. The Balaban J connectivity index is 1.74. The molecular formula is C14H13BrN4S. The highest BCUT2D eigenvalue weighted by molar-refractivity contribution is 9.10. The van der Waals surface area contributed by atoms with Crippen molar-refractivity contribution in [1.29, 1.82) is 0 Å². The van der Waals surface area contributed by atoms with Crippen LogP contribution < -0.4 is 5.32 Å². The monoisotopic (exact) mass is 348 g/mol. The molecule has 3 heterocycles. The Morgan fingerprint density at radius 1 is 1.25 bits per heavy atom. The highest BCUT2D eigenvalue weighted by Gasteiger charge is 2.04. The Hall–Kier alpha value is -1.53. The van der Waals surface area contributed by atoms with E-state index in [0.29, 0.717) is 0 Å². The van der Waals surface area contributed by atoms with Gasteiger partial charge in [-0.3, -0.25) is 9.97 Å². The maximum absolute atomic E-state index is 4.43. The van der Waals surface area contributed by atoms with E-state index in [1.54, 1.807) is 23.7 Å². The van der Waals surface area contributed by atoms with E-state index in [9.17, 15) is 0 Å². The van der Waals surface area contributed by atoms with Gasteiger partial charge in [0.15, 0.2) is 0 Å². The van der Waals surface area contributed by atoms with Crippen LogP contribution in [0.4, 0.5) is 5.69 Å². The van der Waals surface area contributed by atoms with Gasteiger partial charge in [0.25, 0.3) is 0 Å². The van der Waals surface area contributed by atoms with Gasteiger partial charge in [-0.1, -0.05) is 0 Å². The van der Waals surface area contributed by atoms with Gasteiger partial charge in [0.1, 0.15) is 5.52 Å². The lowest BCUT2D eigenvalue weighted by molar-refractivity contribution is 0.998. The van der Waals surface area contributed by atoms with Gasteiger partial charge in [-0.2, -0.15) is 0 Å². The van der Waals surface area contributed by atoms with E-state index in [-0.39, 0.29) is 0 Å². The first kappa shape index (κ1) is 13.5. The van der Waals surface area contributed by atoms with Gasteiger partial charge in [0.05, 0.1) is 16.2 Å². The predicted octanol–water partition coefficient (Wildman–Crippen LogP) is 3.81. The van der Waals surface area contributed by atoms with Gasteiger partial charge in [-0.15, -0.1) is 11.3 Å². The van der Waals surface area contributed by atoms with Crippen molar-refractivity contribution in [3.8, 4) is 0 Å². The molecule has 6 heteroatoms. The Bertz CT molecular complexity index is 741. The summed E-state index contributed by atoms with van der Waals surface area (Å²) in [4.78, 5) is 14.4. The van der Waals surface area contributed by atoms with E-state index >= 15 is 0 Å². The lowest BCUT2D eigenvalue weighted by Crippen LogP contribution is -2.05. The number of nitrogens with zero attached hydrogens (tertiary/aromatic N) is 3. The molecule has 0 aliphatic heterocycles. The summed E-state index contributed by atoms with van der Waals surface area (Å²) in [6.45, 7) is 2.91. The standard InChI is InChI=1S/C14H13BrN4S/c1-9-7-18-13(20-9)3-5-16-11-2-4-17-12-6-10(15)8-19-14(11)12/h2,4,6-8H,3,5H2,1H3,(H,16,17). The Labute approximate surface area is 129 Å². The van der Waals surface area contributed by atoms with Crippen LogP contribution >= 0.6 is 27.3 Å². The third-order valence-electron chi connectivity index (χ3n) is 2.87. The molecule has 0 saturated carbocycles. The minimum atomic E-state index is 0.837. The Kier molecular flexibility index (Phi) is 3.93. The summed E-state index contributed by atoms with van der Waals surface area (Å²) >= 11 is 5.16. The second kappa shape index (κ2) is 5.85. The van der Waals surface area contributed by atoms with Crippen LogP contribution in [0.2, 0.25) is 0 Å². The molecule has 0 radical (unpaired) electrons. The Morgan fingerprint density at radius 3 is 2.95 bits per heavy atom. The molecule has 3 aromatic heterocycles. The van der Waals surface area contributed by atoms with Gasteiger partial charge in [-0.25, -0.2) is 4.98 Å². The van der Waals surface area contributed by atoms with Crippen LogP contribution in [0.5, 0.6) is 0 Å². The molecule has 0 amide bonds. The Morgan fingerprint density at radius 2 is 2.15 bits per heavy atom. The number of halogens is 1. The smallest absolute Gasteiger partial charge is 0.112 e. The summed E-state index contributed by atoms with van der Waals surface area (Å²) in [6, 6.07) is 3.92. The zero-order valence-corrected chi connectivity index (χ0v) is 13.3. The summed E-state index contributed by atoms with van der Waals surface area (Å²) in [5.41, 5.74) is 2.79. The fourth-order valence-corrected chi connectivity index (χ4v) is 3.08. The molecule has 0 aromatic carbocycles. The first-order valence-electron chi connectivity index (χ1n) is 6.28. The molecule has 102 valence electrons. The summed E-state index contributed by atoms with van der Waals surface area (Å²) in [7, 11) is 0. The molecule has 0 spiro atoms. The summed E-state index contributed by atoms with van der Waals surface area (Å²) < 4.78 is 0.938. The van der Waals surface area contributed by atoms with Crippen molar-refractivity contribution in [2.75, 3.05) is 11.9 Å². The zero-order chi connectivity index (χ0) is 13.9. The van der Waals surface area contributed by atoms with Gasteiger partial charge in [-0.05, 0) is 35.0 Å². The number of nitrogens with one attached hydrogen (secondary N) is 1. The van der Waals surface area contributed by atoms with Crippen LogP contribution in [0, 0.1) is 6.92 Å². The fraction of sp³-hybridized carbons (Fsp3) is 0.214. The van der Waals surface area contributed by atoms with Crippen LogP contribution in [0.25, 0.3) is 11.0 Å². The number of aromatic nitrogens is 3. The molecule has 0 bridgehead atoms. The first-order chi connectivity index (χ1) is 9.72. The van der Waals surface area contributed by atoms with Crippen LogP contribution in [0.15, 0.2) is 35.2 Å². The van der Waals surface area contributed by atoms with Crippen molar-refractivity contribution in [3.05, 3.63) is 45.1 Å². The third-order valence-corrected chi connectivity index (χ3v) is 4.27. The van der Waals surface area contributed by atoms with Crippen molar-refractivity contribution >= 4 is 44.0 Å². The van der Waals surface area contributed by atoms with Crippen LogP contribution in [-0.4, -0.2) is 21.5 Å². The molecule has 0 atom stereocenters. The van der Waals surface area contributed by atoms with Gasteiger partial charge in [0.2, 0.25) is 0 Å². The summed E-state index contributed by atoms with van der Waals surface area (Å²) in [6.07, 6.45) is 6.42. The topological polar surface area (TPSA) is 50.7 Å². The third kappa shape index (κ3) is 2.96. The number of hydrogen-bond acceptors (Lipinski definition) is 5.